The molecule has 1 fully saturated rings. The second kappa shape index (κ2) is 8.83. The summed E-state index contributed by atoms with van der Waals surface area (Å²) in [5.74, 6) is 3.66. The fourth-order valence-corrected chi connectivity index (χ4v) is 4.64. The molecule has 0 amide bonds. The van der Waals surface area contributed by atoms with Gasteiger partial charge in [0.1, 0.15) is 13.6 Å². The van der Waals surface area contributed by atoms with E-state index in [1.54, 1.807) is 6.07 Å². The number of esters is 1. The zero-order chi connectivity index (χ0) is 21.2. The van der Waals surface area contributed by atoms with Crippen LogP contribution in [0.3, 0.4) is 0 Å². The molecule has 3 atom stereocenters. The van der Waals surface area contributed by atoms with Gasteiger partial charge in [0.25, 0.3) is 0 Å². The maximum Gasteiger partial charge on any atom is 0.311 e. The van der Waals surface area contributed by atoms with Crippen LogP contribution in [0.15, 0.2) is 54.6 Å². The van der Waals surface area contributed by atoms with E-state index in [4.69, 9.17) is 15.9 Å². The number of hydrogen-bond donors (Lipinski definition) is 0. The number of carbonyl (C=O) groups excluding carboxylic acids is 1. The van der Waals surface area contributed by atoms with Gasteiger partial charge in [0.05, 0.1) is 5.92 Å². The van der Waals surface area contributed by atoms with Crippen molar-refractivity contribution in [3.05, 3.63) is 60.2 Å². The van der Waals surface area contributed by atoms with Crippen LogP contribution in [0.25, 0.3) is 0 Å². The molecule has 0 heterocycles. The summed E-state index contributed by atoms with van der Waals surface area (Å²) >= 11 is 10.6. The standard InChI is InChI=1S/C23H21Br3O3/c1-4-19(29-21(27)20-18(22(20,2)3)14-23(24,25)26)15-9-8-12-17(13-15)28-16-10-6-5-7-11-16/h1,5-13,18-20H,14H2,2-3H3. The highest BCUT2D eigenvalue weighted by Gasteiger charge is 2.63. The van der Waals surface area contributed by atoms with Gasteiger partial charge in [-0.15, -0.1) is 6.42 Å². The summed E-state index contributed by atoms with van der Waals surface area (Å²) in [6.07, 6.45) is 5.66. The molecule has 0 bridgehead atoms. The number of rotatable bonds is 6. The maximum absolute atomic E-state index is 12.8. The summed E-state index contributed by atoms with van der Waals surface area (Å²) in [6, 6.07) is 16.8. The summed E-state index contributed by atoms with van der Waals surface area (Å²) in [5, 5.41) is 0. The molecule has 0 spiro atoms. The Morgan fingerprint density at radius 3 is 2.41 bits per heavy atom. The minimum Gasteiger partial charge on any atom is -0.457 e. The Hall–Kier alpha value is -1.29. The van der Waals surface area contributed by atoms with Gasteiger partial charge < -0.3 is 9.47 Å². The van der Waals surface area contributed by atoms with Crippen LogP contribution < -0.4 is 4.74 Å². The molecule has 29 heavy (non-hydrogen) atoms. The van der Waals surface area contributed by atoms with Crippen LogP contribution in [0.5, 0.6) is 11.5 Å². The highest BCUT2D eigenvalue weighted by atomic mass is 80.0. The Balaban J connectivity index is 1.70. The summed E-state index contributed by atoms with van der Waals surface area (Å²) in [7, 11) is 0. The van der Waals surface area contributed by atoms with Crippen LogP contribution in [-0.2, 0) is 9.53 Å². The van der Waals surface area contributed by atoms with Crippen LogP contribution in [-0.4, -0.2) is 8.11 Å². The monoisotopic (exact) mass is 582 g/mol. The van der Waals surface area contributed by atoms with Gasteiger partial charge in [0, 0.05) is 5.56 Å². The zero-order valence-corrected chi connectivity index (χ0v) is 20.8. The predicted octanol–water partition coefficient (Wildman–Crippen LogP) is 7.20. The molecule has 0 radical (unpaired) electrons. The molecular formula is C23H21Br3O3. The Labute approximate surface area is 196 Å². The summed E-state index contributed by atoms with van der Waals surface area (Å²) in [4.78, 5) is 12.8. The second-order valence-electron chi connectivity index (χ2n) is 7.70. The number of carbonyl (C=O) groups is 1. The van der Waals surface area contributed by atoms with Crippen molar-refractivity contribution in [2.24, 2.45) is 17.3 Å². The second-order valence-corrected chi connectivity index (χ2v) is 14.9. The SMILES string of the molecule is C#CC(OC(=O)C1C(CC(Br)(Br)Br)C1(C)C)c1cccc(Oc2ccccc2)c1. The van der Waals surface area contributed by atoms with E-state index in [1.165, 1.54) is 0 Å². The van der Waals surface area contributed by atoms with Crippen molar-refractivity contribution < 1.29 is 14.3 Å². The van der Waals surface area contributed by atoms with Gasteiger partial charge >= 0.3 is 5.97 Å². The summed E-state index contributed by atoms with van der Waals surface area (Å²) < 4.78 is 11.2. The van der Waals surface area contributed by atoms with Crippen molar-refractivity contribution in [2.75, 3.05) is 0 Å². The highest BCUT2D eigenvalue weighted by molar-refractivity contribution is 9.39. The first-order valence-electron chi connectivity index (χ1n) is 9.18. The number of alkyl halides is 3. The molecule has 1 saturated carbocycles. The number of hydrogen-bond acceptors (Lipinski definition) is 3. The third-order valence-corrected chi connectivity index (χ3v) is 6.25. The first-order chi connectivity index (χ1) is 13.6. The molecule has 1 aliphatic carbocycles. The van der Waals surface area contributed by atoms with Crippen molar-refractivity contribution in [2.45, 2.75) is 28.5 Å². The quantitative estimate of drug-likeness (QED) is 0.205. The molecule has 0 N–H and O–H groups in total. The molecule has 1 aliphatic rings. The fraction of sp³-hybridized carbons (Fsp3) is 0.348. The van der Waals surface area contributed by atoms with E-state index in [9.17, 15) is 4.79 Å². The fourth-order valence-electron chi connectivity index (χ4n) is 3.60. The van der Waals surface area contributed by atoms with Crippen LogP contribution in [0.1, 0.15) is 31.9 Å². The lowest BCUT2D eigenvalue weighted by Crippen LogP contribution is -2.15. The van der Waals surface area contributed by atoms with E-state index >= 15 is 0 Å². The van der Waals surface area contributed by atoms with Crippen LogP contribution in [0.2, 0.25) is 0 Å². The zero-order valence-electron chi connectivity index (χ0n) is 16.1. The normalized spacial score (nSPS) is 21.0. The molecule has 3 rings (SSSR count). The van der Waals surface area contributed by atoms with Gasteiger partial charge in [0.15, 0.2) is 6.10 Å². The van der Waals surface area contributed by atoms with Crippen LogP contribution in [0, 0.1) is 29.6 Å². The molecule has 2 aromatic carbocycles. The van der Waals surface area contributed by atoms with Gasteiger partial charge in [-0.2, -0.15) is 0 Å². The minimum absolute atomic E-state index is 0.144. The highest BCUT2D eigenvalue weighted by Crippen LogP contribution is 2.64. The van der Waals surface area contributed by atoms with Crippen LogP contribution in [0.4, 0.5) is 0 Å². The Morgan fingerprint density at radius 1 is 1.14 bits per heavy atom. The number of ether oxygens (including phenoxy) is 2. The van der Waals surface area contributed by atoms with Crippen molar-refractivity contribution in [1.29, 1.82) is 0 Å². The number of halogens is 3. The topological polar surface area (TPSA) is 35.5 Å². The van der Waals surface area contributed by atoms with Gasteiger partial charge in [-0.05, 0) is 42.0 Å². The molecule has 152 valence electrons. The number of terminal acetylenes is 1. The average molecular weight is 585 g/mol. The molecule has 3 unspecified atom stereocenters. The molecule has 3 nitrogen and oxygen atoms in total. The lowest BCUT2D eigenvalue weighted by molar-refractivity contribution is -0.149. The minimum atomic E-state index is -0.763. The Bertz CT molecular complexity index is 913. The molecule has 6 heteroatoms. The van der Waals surface area contributed by atoms with Gasteiger partial charge in [-0.25, -0.2) is 0 Å². The van der Waals surface area contributed by atoms with Crippen molar-refractivity contribution in [1.82, 2.24) is 0 Å². The van der Waals surface area contributed by atoms with Crippen molar-refractivity contribution >= 4 is 53.8 Å². The van der Waals surface area contributed by atoms with Crippen molar-refractivity contribution in [3.8, 4) is 23.8 Å². The molecule has 0 saturated heterocycles. The van der Waals surface area contributed by atoms with Gasteiger partial charge in [-0.3, -0.25) is 4.79 Å². The van der Waals surface area contributed by atoms with E-state index in [0.717, 1.165) is 12.2 Å². The first-order valence-corrected chi connectivity index (χ1v) is 11.6. The van der Waals surface area contributed by atoms with Gasteiger partial charge in [0.2, 0.25) is 0 Å². The van der Waals surface area contributed by atoms with Gasteiger partial charge in [-0.1, -0.05) is 97.9 Å². The van der Waals surface area contributed by atoms with E-state index in [-0.39, 0.29) is 23.2 Å². The van der Waals surface area contributed by atoms with Crippen molar-refractivity contribution in [3.63, 3.8) is 0 Å². The molecular weight excluding hydrogens is 564 g/mol. The number of para-hydroxylation sites is 1. The molecule has 0 aliphatic heterocycles. The lowest BCUT2D eigenvalue weighted by atomic mass is 10.1. The van der Waals surface area contributed by atoms with E-state index in [0.29, 0.717) is 11.3 Å². The van der Waals surface area contributed by atoms with E-state index < -0.39 is 8.25 Å². The smallest absolute Gasteiger partial charge is 0.311 e. The molecule has 0 aromatic heterocycles. The maximum atomic E-state index is 12.8. The third kappa shape index (κ3) is 5.65. The largest absolute Gasteiger partial charge is 0.457 e. The third-order valence-electron chi connectivity index (χ3n) is 5.28. The number of benzene rings is 2. The molecule has 2 aromatic rings. The van der Waals surface area contributed by atoms with E-state index in [2.05, 4.69) is 67.6 Å². The first kappa shape index (κ1) is 22.4. The summed E-state index contributed by atoms with van der Waals surface area (Å²) in [6.45, 7) is 4.14. The average Bonchev–Trinajstić information content (AvgIpc) is 3.18. The van der Waals surface area contributed by atoms with Crippen LogP contribution >= 0.6 is 47.8 Å². The predicted molar refractivity (Wildman–Crippen MR) is 126 cm³/mol. The Morgan fingerprint density at radius 2 is 1.79 bits per heavy atom. The van der Waals surface area contributed by atoms with E-state index in [1.807, 2.05) is 48.5 Å². The lowest BCUT2D eigenvalue weighted by Gasteiger charge is -2.15. The Kier molecular flexibility index (Phi) is 6.82. The summed E-state index contributed by atoms with van der Waals surface area (Å²) in [5.41, 5.74) is 0.565.